The Labute approximate surface area is 138 Å². The van der Waals surface area contributed by atoms with Gasteiger partial charge in [-0.25, -0.2) is 0 Å². The van der Waals surface area contributed by atoms with E-state index in [1.807, 2.05) is 19.1 Å². The Hall–Kier alpha value is -1.60. The van der Waals surface area contributed by atoms with Crippen LogP contribution in [-0.2, 0) is 0 Å². The molecule has 0 bridgehead atoms. The number of rotatable bonds is 1. The summed E-state index contributed by atoms with van der Waals surface area (Å²) in [6, 6.07) is 8.22. The van der Waals surface area contributed by atoms with Crippen LogP contribution in [0.1, 0.15) is 11.1 Å². The Balaban J connectivity index is 0.000000219. The molecule has 0 aliphatic rings. The zero-order valence-corrected chi connectivity index (χ0v) is 14.5. The summed E-state index contributed by atoms with van der Waals surface area (Å²) in [4.78, 5) is 9.73. The number of hydrogen-bond donors (Lipinski definition) is 2. The predicted octanol–water partition coefficient (Wildman–Crippen LogP) is 4.83. The first-order chi connectivity index (χ1) is 9.72. The highest BCUT2D eigenvalue weighted by molar-refractivity contribution is 9.10. The van der Waals surface area contributed by atoms with Crippen LogP contribution in [-0.4, -0.2) is 15.1 Å². The first-order valence-corrected chi connectivity index (χ1v) is 7.39. The third-order valence-electron chi connectivity index (χ3n) is 2.60. The maximum absolute atomic E-state index is 10.4. The Bertz CT molecular complexity index is 674. The fourth-order valence-corrected chi connectivity index (χ4v) is 2.51. The van der Waals surface area contributed by atoms with Gasteiger partial charge in [0.1, 0.15) is 5.75 Å². The second-order valence-electron chi connectivity index (χ2n) is 4.28. The Kier molecular flexibility index (Phi) is 6.17. The van der Waals surface area contributed by atoms with Gasteiger partial charge in [0.25, 0.3) is 0 Å². The Morgan fingerprint density at radius 1 is 1.00 bits per heavy atom. The molecular formula is C14H13Br2NO4. The van der Waals surface area contributed by atoms with Crippen LogP contribution in [0.3, 0.4) is 0 Å². The summed E-state index contributed by atoms with van der Waals surface area (Å²) in [5.74, 6) is 0.0707. The highest BCUT2D eigenvalue weighted by Gasteiger charge is 2.15. The average molecular weight is 419 g/mol. The number of hydrogen-bond acceptors (Lipinski definition) is 4. The fourth-order valence-electron chi connectivity index (χ4n) is 1.48. The standard InChI is InChI=1S/C7H6BrNO3.C7H7BrO/c1-4-2-5(8)3-6(7(4)10)9(11)12;1-5-4-6(8)2-3-7(5)9/h2-3,10H,1H3;2-4,9H,1H3. The van der Waals surface area contributed by atoms with Crippen molar-refractivity contribution in [1.29, 1.82) is 0 Å². The van der Waals surface area contributed by atoms with Gasteiger partial charge in [0.2, 0.25) is 0 Å². The summed E-state index contributed by atoms with van der Waals surface area (Å²) in [6.45, 7) is 3.47. The van der Waals surface area contributed by atoms with Gasteiger partial charge in [-0.05, 0) is 49.2 Å². The first kappa shape index (κ1) is 17.5. The van der Waals surface area contributed by atoms with Crippen molar-refractivity contribution < 1.29 is 15.1 Å². The molecule has 5 nitrogen and oxygen atoms in total. The van der Waals surface area contributed by atoms with Gasteiger partial charge in [-0.3, -0.25) is 10.1 Å². The summed E-state index contributed by atoms with van der Waals surface area (Å²) in [7, 11) is 0. The van der Waals surface area contributed by atoms with Crippen molar-refractivity contribution in [2.24, 2.45) is 0 Å². The second kappa shape index (κ2) is 7.42. The molecule has 2 rings (SSSR count). The van der Waals surface area contributed by atoms with E-state index in [9.17, 15) is 15.2 Å². The zero-order valence-electron chi connectivity index (χ0n) is 11.3. The molecular weight excluding hydrogens is 406 g/mol. The van der Waals surface area contributed by atoms with Crippen LogP contribution in [0, 0.1) is 24.0 Å². The number of nitro benzene ring substituents is 1. The Morgan fingerprint density at radius 3 is 2.05 bits per heavy atom. The monoisotopic (exact) mass is 417 g/mol. The number of phenolic OH excluding ortho intramolecular Hbond substituents is 2. The summed E-state index contributed by atoms with van der Waals surface area (Å²) < 4.78 is 1.59. The quantitative estimate of drug-likeness (QED) is 0.512. The van der Waals surface area contributed by atoms with E-state index in [0.29, 0.717) is 15.8 Å². The summed E-state index contributed by atoms with van der Waals surface area (Å²) >= 11 is 6.38. The van der Waals surface area contributed by atoms with E-state index in [1.165, 1.54) is 6.07 Å². The lowest BCUT2D eigenvalue weighted by molar-refractivity contribution is -0.386. The third-order valence-corrected chi connectivity index (χ3v) is 3.55. The number of halogens is 2. The predicted molar refractivity (Wildman–Crippen MR) is 87.7 cm³/mol. The van der Waals surface area contributed by atoms with E-state index in [0.717, 1.165) is 10.0 Å². The van der Waals surface area contributed by atoms with Crippen molar-refractivity contribution in [3.8, 4) is 11.5 Å². The lowest BCUT2D eigenvalue weighted by Gasteiger charge is -1.99. The molecule has 7 heteroatoms. The normalized spacial score (nSPS) is 9.71. The minimum atomic E-state index is -0.618. The second-order valence-corrected chi connectivity index (χ2v) is 6.11. The van der Waals surface area contributed by atoms with Gasteiger partial charge in [0.05, 0.1) is 4.92 Å². The van der Waals surface area contributed by atoms with Gasteiger partial charge < -0.3 is 10.2 Å². The van der Waals surface area contributed by atoms with Crippen LogP contribution >= 0.6 is 31.9 Å². The molecule has 0 saturated carbocycles. The Morgan fingerprint density at radius 2 is 1.57 bits per heavy atom. The largest absolute Gasteiger partial charge is 0.508 e. The van der Waals surface area contributed by atoms with Gasteiger partial charge in [0.15, 0.2) is 5.75 Å². The van der Waals surface area contributed by atoms with Crippen molar-refractivity contribution in [2.45, 2.75) is 13.8 Å². The molecule has 0 heterocycles. The molecule has 0 spiro atoms. The number of phenols is 2. The van der Waals surface area contributed by atoms with Crippen LogP contribution in [0.5, 0.6) is 11.5 Å². The number of aromatic hydroxyl groups is 2. The lowest BCUT2D eigenvalue weighted by Crippen LogP contribution is -1.90. The molecule has 112 valence electrons. The van der Waals surface area contributed by atoms with Crippen LogP contribution in [0.2, 0.25) is 0 Å². The lowest BCUT2D eigenvalue weighted by atomic mass is 10.2. The zero-order chi connectivity index (χ0) is 16.2. The van der Waals surface area contributed by atoms with Crippen molar-refractivity contribution in [3.63, 3.8) is 0 Å². The van der Waals surface area contributed by atoms with E-state index in [4.69, 9.17) is 5.11 Å². The van der Waals surface area contributed by atoms with Gasteiger partial charge in [-0.2, -0.15) is 0 Å². The third kappa shape index (κ3) is 5.02. The highest BCUT2D eigenvalue weighted by Crippen LogP contribution is 2.32. The van der Waals surface area contributed by atoms with Gasteiger partial charge >= 0.3 is 5.69 Å². The number of aryl methyl sites for hydroxylation is 2. The van der Waals surface area contributed by atoms with Crippen LogP contribution in [0.4, 0.5) is 5.69 Å². The fraction of sp³-hybridized carbons (Fsp3) is 0.143. The number of nitrogens with zero attached hydrogens (tertiary/aromatic N) is 1. The van der Waals surface area contributed by atoms with Gasteiger partial charge in [-0.15, -0.1) is 0 Å². The number of benzene rings is 2. The molecule has 0 saturated heterocycles. The van der Waals surface area contributed by atoms with Crippen LogP contribution in [0.25, 0.3) is 0 Å². The van der Waals surface area contributed by atoms with Crippen molar-refractivity contribution >= 4 is 37.5 Å². The van der Waals surface area contributed by atoms with E-state index >= 15 is 0 Å². The molecule has 2 aromatic carbocycles. The molecule has 0 aliphatic carbocycles. The topological polar surface area (TPSA) is 83.6 Å². The molecule has 2 aromatic rings. The highest BCUT2D eigenvalue weighted by atomic mass is 79.9. The summed E-state index contributed by atoms with van der Waals surface area (Å²) in [6.07, 6.45) is 0. The average Bonchev–Trinajstić information content (AvgIpc) is 2.39. The van der Waals surface area contributed by atoms with Crippen LogP contribution in [0.15, 0.2) is 39.3 Å². The number of nitro groups is 1. The minimum absolute atomic E-state index is 0.275. The smallest absolute Gasteiger partial charge is 0.312 e. The maximum Gasteiger partial charge on any atom is 0.312 e. The summed E-state index contributed by atoms with van der Waals surface area (Å²) in [5.41, 5.74) is 1.10. The van der Waals surface area contributed by atoms with Crippen molar-refractivity contribution in [1.82, 2.24) is 0 Å². The van der Waals surface area contributed by atoms with Crippen LogP contribution < -0.4 is 0 Å². The molecule has 0 aliphatic heterocycles. The van der Waals surface area contributed by atoms with E-state index in [2.05, 4.69) is 31.9 Å². The molecule has 0 radical (unpaired) electrons. The maximum atomic E-state index is 10.4. The van der Waals surface area contributed by atoms with E-state index in [1.54, 1.807) is 19.1 Å². The SMILES string of the molecule is Cc1cc(Br)cc([N+](=O)[O-])c1O.Cc1cc(Br)ccc1O. The minimum Gasteiger partial charge on any atom is -0.508 e. The molecule has 0 amide bonds. The van der Waals surface area contributed by atoms with Crippen molar-refractivity contribution in [3.05, 3.63) is 60.5 Å². The molecule has 0 aromatic heterocycles. The molecule has 2 N–H and O–H groups in total. The van der Waals surface area contributed by atoms with E-state index < -0.39 is 4.92 Å². The van der Waals surface area contributed by atoms with E-state index in [-0.39, 0.29) is 11.4 Å². The van der Waals surface area contributed by atoms with Gasteiger partial charge in [-0.1, -0.05) is 31.9 Å². The van der Waals surface area contributed by atoms with Crippen molar-refractivity contribution in [2.75, 3.05) is 0 Å². The molecule has 21 heavy (non-hydrogen) atoms. The summed E-state index contributed by atoms with van der Waals surface area (Å²) in [5, 5.41) is 28.6. The molecule has 0 fully saturated rings. The van der Waals surface area contributed by atoms with Gasteiger partial charge in [0, 0.05) is 15.0 Å². The molecule has 0 unspecified atom stereocenters. The molecule has 0 atom stereocenters. The first-order valence-electron chi connectivity index (χ1n) is 5.81.